The van der Waals surface area contributed by atoms with E-state index >= 15 is 0 Å². The predicted molar refractivity (Wildman–Crippen MR) is 84.1 cm³/mol. The van der Waals surface area contributed by atoms with E-state index in [2.05, 4.69) is 21.9 Å². The van der Waals surface area contributed by atoms with Crippen molar-refractivity contribution in [2.45, 2.75) is 13.8 Å². The summed E-state index contributed by atoms with van der Waals surface area (Å²) in [4.78, 5) is 20.8. The van der Waals surface area contributed by atoms with E-state index in [1.165, 1.54) is 0 Å². The number of piperazine rings is 1. The Hall–Kier alpha value is -2.21. The summed E-state index contributed by atoms with van der Waals surface area (Å²) in [6.07, 6.45) is 1.60. The van der Waals surface area contributed by atoms with Gasteiger partial charge in [0.25, 0.3) is 5.91 Å². The zero-order chi connectivity index (χ0) is 15.5. The molecule has 1 saturated heterocycles. The normalized spacial score (nSPS) is 16.0. The third-order valence-corrected chi connectivity index (χ3v) is 4.06. The molecule has 0 bridgehead atoms. The van der Waals surface area contributed by atoms with Crippen molar-refractivity contribution in [3.8, 4) is 5.69 Å². The van der Waals surface area contributed by atoms with Crippen LogP contribution in [0.4, 0.5) is 0 Å². The number of nitrogens with zero attached hydrogens (tertiary/aromatic N) is 5. The van der Waals surface area contributed by atoms with E-state index < -0.39 is 0 Å². The molecule has 0 unspecified atom stereocenters. The molecular weight excluding hydrogens is 278 g/mol. The summed E-state index contributed by atoms with van der Waals surface area (Å²) in [5.74, 6) is 0.189. The van der Waals surface area contributed by atoms with Crippen molar-refractivity contribution in [2.24, 2.45) is 0 Å². The monoisotopic (exact) mass is 299 g/mol. The van der Waals surface area contributed by atoms with E-state index in [9.17, 15) is 4.79 Å². The number of hydrogen-bond acceptors (Lipinski definition) is 4. The molecular formula is C16H21N5O. The standard InChI is InChI=1S/C16H21N5O/c1-3-19-7-9-20(10-8-19)16(22)15-17-12-21(18-15)14-6-4-5-13(2)11-14/h4-6,11-12H,3,7-10H2,1-2H3. The fourth-order valence-corrected chi connectivity index (χ4v) is 2.66. The third kappa shape index (κ3) is 3.01. The van der Waals surface area contributed by atoms with Crippen molar-refractivity contribution < 1.29 is 4.79 Å². The number of rotatable bonds is 3. The van der Waals surface area contributed by atoms with Gasteiger partial charge in [-0.2, -0.15) is 0 Å². The topological polar surface area (TPSA) is 54.3 Å². The molecule has 1 aromatic heterocycles. The Morgan fingerprint density at radius 1 is 1.23 bits per heavy atom. The molecule has 1 aliphatic rings. The summed E-state index contributed by atoms with van der Waals surface area (Å²) in [6.45, 7) is 8.52. The highest BCUT2D eigenvalue weighted by atomic mass is 16.2. The highest BCUT2D eigenvalue weighted by molar-refractivity contribution is 5.90. The Bertz CT molecular complexity index is 658. The maximum absolute atomic E-state index is 12.5. The van der Waals surface area contributed by atoms with Crippen LogP contribution < -0.4 is 0 Å². The lowest BCUT2D eigenvalue weighted by Crippen LogP contribution is -2.48. The van der Waals surface area contributed by atoms with Crippen LogP contribution in [-0.2, 0) is 0 Å². The Kier molecular flexibility index (Phi) is 4.20. The van der Waals surface area contributed by atoms with Gasteiger partial charge in [0, 0.05) is 26.2 Å². The minimum absolute atomic E-state index is 0.0813. The first-order valence-electron chi connectivity index (χ1n) is 7.67. The lowest BCUT2D eigenvalue weighted by Gasteiger charge is -2.33. The van der Waals surface area contributed by atoms with E-state index in [1.54, 1.807) is 11.0 Å². The van der Waals surface area contributed by atoms with Gasteiger partial charge in [-0.3, -0.25) is 4.79 Å². The van der Waals surface area contributed by atoms with Crippen LogP contribution >= 0.6 is 0 Å². The largest absolute Gasteiger partial charge is 0.333 e. The van der Waals surface area contributed by atoms with E-state index in [0.717, 1.165) is 44.0 Å². The van der Waals surface area contributed by atoms with Gasteiger partial charge in [0.1, 0.15) is 6.33 Å². The van der Waals surface area contributed by atoms with Gasteiger partial charge in [-0.1, -0.05) is 19.1 Å². The van der Waals surface area contributed by atoms with Crippen LogP contribution in [0.5, 0.6) is 0 Å². The van der Waals surface area contributed by atoms with Gasteiger partial charge in [-0.15, -0.1) is 5.10 Å². The van der Waals surface area contributed by atoms with Gasteiger partial charge >= 0.3 is 0 Å². The molecule has 0 spiro atoms. The number of aromatic nitrogens is 3. The van der Waals surface area contributed by atoms with E-state index in [4.69, 9.17) is 0 Å². The minimum Gasteiger partial charge on any atom is -0.333 e. The lowest BCUT2D eigenvalue weighted by atomic mass is 10.2. The Morgan fingerprint density at radius 2 is 2.00 bits per heavy atom. The smallest absolute Gasteiger partial charge is 0.293 e. The van der Waals surface area contributed by atoms with Gasteiger partial charge in [0.05, 0.1) is 5.69 Å². The SMILES string of the molecule is CCN1CCN(C(=O)c2ncn(-c3cccc(C)c3)n2)CC1. The molecule has 0 N–H and O–H groups in total. The van der Waals surface area contributed by atoms with Gasteiger partial charge in [0.15, 0.2) is 0 Å². The summed E-state index contributed by atoms with van der Waals surface area (Å²) in [7, 11) is 0. The summed E-state index contributed by atoms with van der Waals surface area (Å²) >= 11 is 0. The predicted octanol–water partition coefficient (Wildman–Crippen LogP) is 1.35. The van der Waals surface area contributed by atoms with Crippen molar-refractivity contribution in [3.63, 3.8) is 0 Å². The van der Waals surface area contributed by atoms with Crippen LogP contribution in [0.15, 0.2) is 30.6 Å². The summed E-state index contributed by atoms with van der Waals surface area (Å²) in [6, 6.07) is 7.97. The fourth-order valence-electron chi connectivity index (χ4n) is 2.66. The highest BCUT2D eigenvalue weighted by Crippen LogP contribution is 2.10. The van der Waals surface area contributed by atoms with Crippen LogP contribution in [0.3, 0.4) is 0 Å². The van der Waals surface area contributed by atoms with Crippen molar-refractivity contribution in [3.05, 3.63) is 42.0 Å². The Labute approximate surface area is 130 Å². The number of carbonyl (C=O) groups is 1. The van der Waals surface area contributed by atoms with Gasteiger partial charge < -0.3 is 9.80 Å². The number of aryl methyl sites for hydroxylation is 1. The zero-order valence-corrected chi connectivity index (χ0v) is 13.1. The summed E-state index contributed by atoms with van der Waals surface area (Å²) < 4.78 is 1.66. The van der Waals surface area contributed by atoms with Crippen molar-refractivity contribution in [2.75, 3.05) is 32.7 Å². The molecule has 6 nitrogen and oxygen atoms in total. The summed E-state index contributed by atoms with van der Waals surface area (Å²) in [5, 5.41) is 4.34. The molecule has 0 radical (unpaired) electrons. The number of benzene rings is 1. The minimum atomic E-state index is -0.0813. The molecule has 6 heteroatoms. The molecule has 2 heterocycles. The molecule has 1 aromatic carbocycles. The highest BCUT2D eigenvalue weighted by Gasteiger charge is 2.24. The van der Waals surface area contributed by atoms with E-state index in [-0.39, 0.29) is 11.7 Å². The van der Waals surface area contributed by atoms with Crippen LogP contribution in [0, 0.1) is 6.92 Å². The quantitative estimate of drug-likeness (QED) is 0.858. The number of likely N-dealkylation sites (N-methyl/N-ethyl adjacent to an activating group) is 1. The first-order chi connectivity index (χ1) is 10.7. The second-order valence-corrected chi connectivity index (χ2v) is 5.58. The zero-order valence-electron chi connectivity index (χ0n) is 13.1. The number of hydrogen-bond donors (Lipinski definition) is 0. The third-order valence-electron chi connectivity index (χ3n) is 4.06. The molecule has 0 atom stereocenters. The maximum atomic E-state index is 12.5. The second-order valence-electron chi connectivity index (χ2n) is 5.58. The molecule has 0 saturated carbocycles. The molecule has 2 aromatic rings. The summed E-state index contributed by atoms with van der Waals surface area (Å²) in [5.41, 5.74) is 2.07. The second kappa shape index (κ2) is 6.27. The maximum Gasteiger partial charge on any atom is 0.293 e. The Morgan fingerprint density at radius 3 is 2.68 bits per heavy atom. The molecule has 1 fully saturated rings. The molecule has 0 aliphatic carbocycles. The molecule has 3 rings (SSSR count). The van der Waals surface area contributed by atoms with Crippen molar-refractivity contribution in [1.82, 2.24) is 24.6 Å². The fraction of sp³-hybridized carbons (Fsp3) is 0.438. The van der Waals surface area contributed by atoms with Crippen molar-refractivity contribution in [1.29, 1.82) is 0 Å². The first kappa shape index (κ1) is 14.7. The van der Waals surface area contributed by atoms with E-state index in [0.29, 0.717) is 0 Å². The van der Waals surface area contributed by atoms with Crippen LogP contribution in [-0.4, -0.2) is 63.2 Å². The number of carbonyl (C=O) groups excluding carboxylic acids is 1. The Balaban J connectivity index is 1.72. The van der Waals surface area contributed by atoms with Crippen LogP contribution in [0.25, 0.3) is 5.69 Å². The van der Waals surface area contributed by atoms with Crippen LogP contribution in [0.2, 0.25) is 0 Å². The van der Waals surface area contributed by atoms with E-state index in [1.807, 2.05) is 36.1 Å². The van der Waals surface area contributed by atoms with Crippen molar-refractivity contribution >= 4 is 5.91 Å². The van der Waals surface area contributed by atoms with Gasteiger partial charge in [0.2, 0.25) is 5.82 Å². The lowest BCUT2D eigenvalue weighted by molar-refractivity contribution is 0.0631. The molecule has 1 amide bonds. The average Bonchev–Trinajstić information content (AvgIpc) is 3.04. The molecule has 116 valence electrons. The number of amides is 1. The van der Waals surface area contributed by atoms with Gasteiger partial charge in [-0.25, -0.2) is 9.67 Å². The van der Waals surface area contributed by atoms with Crippen LogP contribution in [0.1, 0.15) is 23.1 Å². The van der Waals surface area contributed by atoms with Gasteiger partial charge in [-0.05, 0) is 31.2 Å². The first-order valence-corrected chi connectivity index (χ1v) is 7.67. The average molecular weight is 299 g/mol. The molecule has 22 heavy (non-hydrogen) atoms. The molecule has 1 aliphatic heterocycles.